The van der Waals surface area contributed by atoms with Gasteiger partial charge < -0.3 is 24.5 Å². The lowest BCUT2D eigenvalue weighted by Gasteiger charge is -2.22. The van der Waals surface area contributed by atoms with E-state index in [1.165, 1.54) is 14.2 Å². The number of anilines is 1. The van der Waals surface area contributed by atoms with Gasteiger partial charge in [0.2, 0.25) is 0 Å². The second kappa shape index (κ2) is 7.00. The minimum absolute atomic E-state index is 0.0541. The fourth-order valence-electron chi connectivity index (χ4n) is 3.48. The Morgan fingerprint density at radius 1 is 1.10 bits per heavy atom. The van der Waals surface area contributed by atoms with E-state index in [0.717, 1.165) is 22.2 Å². The second-order valence-corrected chi connectivity index (χ2v) is 7.36. The van der Waals surface area contributed by atoms with Crippen molar-refractivity contribution >= 4 is 39.7 Å². The zero-order valence-electron chi connectivity index (χ0n) is 16.6. The number of benzene rings is 2. The summed E-state index contributed by atoms with van der Waals surface area (Å²) >= 11 is 6.20. The number of imidazole rings is 1. The number of halogens is 1. The fraction of sp³-hybridized carbons (Fsp3) is 0.238. The van der Waals surface area contributed by atoms with Crippen molar-refractivity contribution in [1.82, 2.24) is 9.97 Å². The number of H-pyrrole nitrogens is 1. The smallest absolute Gasteiger partial charge is 0.145 e. The van der Waals surface area contributed by atoms with Crippen molar-refractivity contribution in [2.24, 2.45) is 0 Å². The maximum absolute atomic E-state index is 10.7. The van der Waals surface area contributed by atoms with Crippen molar-refractivity contribution in [2.45, 2.75) is 13.8 Å². The summed E-state index contributed by atoms with van der Waals surface area (Å²) in [6, 6.07) is 7.33. The number of fused-ring (bicyclic) bond motifs is 1. The molecule has 0 spiro atoms. The maximum Gasteiger partial charge on any atom is 0.145 e. The van der Waals surface area contributed by atoms with E-state index >= 15 is 0 Å². The number of aromatic amines is 1. The predicted octanol–water partition coefficient (Wildman–Crippen LogP) is 4.62. The number of methoxy groups -OCH3 is 2. The molecule has 0 aliphatic carbocycles. The van der Waals surface area contributed by atoms with E-state index in [2.05, 4.69) is 9.97 Å². The molecule has 4 rings (SSSR count). The van der Waals surface area contributed by atoms with E-state index < -0.39 is 0 Å². The van der Waals surface area contributed by atoms with Crippen LogP contribution in [-0.2, 0) is 0 Å². The van der Waals surface area contributed by atoms with Crippen LogP contribution in [0.3, 0.4) is 0 Å². The first-order valence-corrected chi connectivity index (χ1v) is 9.39. The topological polar surface area (TPSA) is 94.5 Å². The molecule has 0 fully saturated rings. The number of amidine groups is 1. The highest BCUT2D eigenvalue weighted by Crippen LogP contribution is 2.41. The van der Waals surface area contributed by atoms with Crippen molar-refractivity contribution < 1.29 is 14.6 Å². The molecular formula is C21H21ClN4O3. The van der Waals surface area contributed by atoms with E-state index in [-0.39, 0.29) is 18.1 Å². The predicted molar refractivity (Wildman–Crippen MR) is 115 cm³/mol. The van der Waals surface area contributed by atoms with Crippen LogP contribution in [0.5, 0.6) is 11.5 Å². The average Bonchev–Trinajstić information content (AvgIpc) is 3.21. The Morgan fingerprint density at radius 2 is 1.79 bits per heavy atom. The van der Waals surface area contributed by atoms with Crippen LogP contribution in [0.2, 0.25) is 5.02 Å². The second-order valence-electron chi connectivity index (χ2n) is 6.95. The lowest BCUT2D eigenvalue weighted by Crippen LogP contribution is -2.26. The molecule has 29 heavy (non-hydrogen) atoms. The zero-order chi connectivity index (χ0) is 20.9. The molecule has 1 aliphatic heterocycles. The van der Waals surface area contributed by atoms with Gasteiger partial charge >= 0.3 is 0 Å². The number of aromatic nitrogens is 2. The highest BCUT2D eigenvalue weighted by atomic mass is 35.5. The van der Waals surface area contributed by atoms with Gasteiger partial charge in [0.1, 0.15) is 28.9 Å². The first kappa shape index (κ1) is 19.1. The molecule has 7 nitrogen and oxygen atoms in total. The summed E-state index contributed by atoms with van der Waals surface area (Å²) in [4.78, 5) is 9.45. The third-order valence-corrected chi connectivity index (χ3v) is 5.48. The van der Waals surface area contributed by atoms with Gasteiger partial charge in [-0.3, -0.25) is 5.41 Å². The quantitative estimate of drug-likeness (QED) is 0.581. The first-order valence-electron chi connectivity index (χ1n) is 9.01. The Hall–Kier alpha value is -3.19. The molecule has 2 aromatic carbocycles. The summed E-state index contributed by atoms with van der Waals surface area (Å²) in [7, 11) is 3.05. The van der Waals surface area contributed by atoms with Crippen molar-refractivity contribution in [1.29, 1.82) is 5.41 Å². The molecule has 0 bridgehead atoms. The van der Waals surface area contributed by atoms with E-state index in [1.54, 1.807) is 17.0 Å². The van der Waals surface area contributed by atoms with Crippen LogP contribution in [0.1, 0.15) is 17.0 Å². The summed E-state index contributed by atoms with van der Waals surface area (Å²) in [6.07, 6.45) is 0. The van der Waals surface area contributed by atoms with Crippen molar-refractivity contribution in [3.05, 3.63) is 52.0 Å². The number of aryl methyl sites for hydroxylation is 2. The number of hydrogen-bond acceptors (Lipinski definition) is 5. The summed E-state index contributed by atoms with van der Waals surface area (Å²) < 4.78 is 10.7. The molecule has 0 atom stereocenters. The molecular weight excluding hydrogens is 392 g/mol. The molecule has 150 valence electrons. The average molecular weight is 413 g/mol. The first-order chi connectivity index (χ1) is 13.8. The van der Waals surface area contributed by atoms with Crippen LogP contribution in [-0.4, -0.2) is 41.7 Å². The monoisotopic (exact) mass is 412 g/mol. The number of nitrogens with zero attached hydrogens (tertiary/aromatic N) is 2. The zero-order valence-corrected chi connectivity index (χ0v) is 17.3. The highest BCUT2D eigenvalue weighted by Gasteiger charge is 2.33. The largest absolute Gasteiger partial charge is 0.509 e. The van der Waals surface area contributed by atoms with E-state index in [9.17, 15) is 5.11 Å². The molecule has 0 saturated carbocycles. The van der Waals surface area contributed by atoms with Gasteiger partial charge in [-0.05, 0) is 37.1 Å². The Bertz CT molecular complexity index is 1140. The van der Waals surface area contributed by atoms with Crippen LogP contribution in [0.15, 0.2) is 30.0 Å². The summed E-state index contributed by atoms with van der Waals surface area (Å²) in [6.45, 7) is 4.18. The SMILES string of the molecule is COc1cc(N2CC(O)=C(c3nc4cc(C)c(C)cc4[nH]3)C2=N)c(OC)cc1Cl. The normalized spacial score (nSPS) is 14.2. The summed E-state index contributed by atoms with van der Waals surface area (Å²) in [5.41, 5.74) is 4.86. The molecule has 2 heterocycles. The van der Waals surface area contributed by atoms with E-state index in [1.807, 2.05) is 26.0 Å². The lowest BCUT2D eigenvalue weighted by atomic mass is 10.1. The lowest BCUT2D eigenvalue weighted by molar-refractivity contribution is 0.400. The highest BCUT2D eigenvalue weighted by molar-refractivity contribution is 6.33. The molecule has 0 unspecified atom stereocenters. The van der Waals surface area contributed by atoms with E-state index in [4.69, 9.17) is 26.5 Å². The van der Waals surface area contributed by atoms with Crippen molar-refractivity contribution in [2.75, 3.05) is 25.7 Å². The van der Waals surface area contributed by atoms with Crippen LogP contribution < -0.4 is 14.4 Å². The Morgan fingerprint density at radius 3 is 2.48 bits per heavy atom. The van der Waals surface area contributed by atoms with Gasteiger partial charge in [-0.1, -0.05) is 11.6 Å². The van der Waals surface area contributed by atoms with Crippen LogP contribution >= 0.6 is 11.6 Å². The van der Waals surface area contributed by atoms with Gasteiger partial charge in [0.25, 0.3) is 0 Å². The molecule has 0 radical (unpaired) electrons. The Kier molecular flexibility index (Phi) is 4.62. The van der Waals surface area contributed by atoms with E-state index in [0.29, 0.717) is 33.6 Å². The molecule has 0 amide bonds. The number of hydrogen-bond donors (Lipinski definition) is 3. The molecule has 3 aromatic rings. The van der Waals surface area contributed by atoms with Crippen LogP contribution in [0.4, 0.5) is 5.69 Å². The van der Waals surface area contributed by atoms with Gasteiger partial charge in [-0.15, -0.1) is 0 Å². The molecule has 3 N–H and O–H groups in total. The van der Waals surface area contributed by atoms with Gasteiger partial charge in [-0.2, -0.15) is 0 Å². The van der Waals surface area contributed by atoms with Crippen molar-refractivity contribution in [3.8, 4) is 11.5 Å². The van der Waals surface area contributed by atoms with Crippen LogP contribution in [0.25, 0.3) is 16.6 Å². The minimum atomic E-state index is 0.0541. The van der Waals surface area contributed by atoms with Gasteiger partial charge in [0.05, 0.1) is 48.1 Å². The molecule has 1 aliphatic rings. The van der Waals surface area contributed by atoms with Crippen molar-refractivity contribution in [3.63, 3.8) is 0 Å². The Balaban J connectivity index is 1.76. The minimum Gasteiger partial charge on any atom is -0.509 e. The molecule has 0 saturated heterocycles. The standard InChI is InChI=1S/C21H21ClN4O3/c1-10-5-13-14(6-11(10)2)25-21(24-13)19-16(27)9-26(20(19)23)15-8-17(28-3)12(22)7-18(15)29-4/h5-8,23,27H,9H2,1-4H3,(H,24,25). The molecule has 1 aromatic heterocycles. The van der Waals surface area contributed by atoms with Gasteiger partial charge in [0, 0.05) is 12.1 Å². The summed E-state index contributed by atoms with van der Waals surface area (Å²) in [5, 5.41) is 19.8. The summed E-state index contributed by atoms with van der Waals surface area (Å²) in [5.74, 6) is 1.55. The fourth-order valence-corrected chi connectivity index (χ4v) is 3.71. The maximum atomic E-state index is 10.7. The Labute approximate surface area is 173 Å². The number of rotatable bonds is 4. The third-order valence-electron chi connectivity index (χ3n) is 5.18. The number of aliphatic hydroxyl groups excluding tert-OH is 1. The van der Waals surface area contributed by atoms with Gasteiger partial charge in [-0.25, -0.2) is 4.98 Å². The number of ether oxygens (including phenoxy) is 2. The number of aliphatic hydroxyl groups is 1. The number of nitrogens with one attached hydrogen (secondary N) is 2. The molecule has 8 heteroatoms. The van der Waals surface area contributed by atoms with Gasteiger partial charge in [0.15, 0.2) is 0 Å². The van der Waals surface area contributed by atoms with Crippen LogP contribution in [0, 0.1) is 19.3 Å². The third kappa shape index (κ3) is 3.07.